The summed E-state index contributed by atoms with van der Waals surface area (Å²) in [6, 6.07) is 0. The molecule has 0 saturated carbocycles. The molecule has 0 aromatic heterocycles. The molecule has 1 heterocycles. The van der Waals surface area contributed by atoms with Crippen molar-refractivity contribution in [2.75, 3.05) is 39.5 Å². The van der Waals surface area contributed by atoms with Crippen molar-refractivity contribution in [3.8, 4) is 0 Å². The second kappa shape index (κ2) is 6.39. The first-order chi connectivity index (χ1) is 7.51. The van der Waals surface area contributed by atoms with E-state index in [-0.39, 0.29) is 19.7 Å². The smallest absolute Gasteiger partial charge is 0.396 e. The van der Waals surface area contributed by atoms with Crippen molar-refractivity contribution >= 4 is 0 Å². The van der Waals surface area contributed by atoms with Crippen LogP contribution in [0, 0.1) is 0 Å². The highest BCUT2D eigenvalue weighted by molar-refractivity contribution is 4.66. The first kappa shape index (κ1) is 13.7. The van der Waals surface area contributed by atoms with Crippen LogP contribution in [0.2, 0.25) is 0 Å². The Labute approximate surface area is 91.9 Å². The first-order valence-electron chi connectivity index (χ1n) is 5.14. The van der Waals surface area contributed by atoms with Gasteiger partial charge in [-0.05, 0) is 6.42 Å². The van der Waals surface area contributed by atoms with Gasteiger partial charge in [0.15, 0.2) is 6.29 Å². The van der Waals surface area contributed by atoms with Gasteiger partial charge in [0.25, 0.3) is 0 Å². The predicted molar refractivity (Wildman–Crippen MR) is 49.9 cm³/mol. The Bertz CT molecular complexity index is 195. The second-order valence-corrected chi connectivity index (χ2v) is 3.60. The minimum Gasteiger partial charge on any atom is -0.396 e. The number of rotatable bonds is 6. The van der Waals surface area contributed by atoms with Crippen molar-refractivity contribution < 1.29 is 27.8 Å². The maximum atomic E-state index is 12.2. The van der Waals surface area contributed by atoms with Gasteiger partial charge < -0.3 is 14.6 Å². The van der Waals surface area contributed by atoms with E-state index in [1.54, 1.807) is 0 Å². The van der Waals surface area contributed by atoms with Crippen LogP contribution in [0.5, 0.6) is 0 Å². The number of hydrogen-bond acceptors (Lipinski definition) is 4. The van der Waals surface area contributed by atoms with Crippen LogP contribution in [0.15, 0.2) is 0 Å². The van der Waals surface area contributed by atoms with Gasteiger partial charge in [0, 0.05) is 19.7 Å². The summed E-state index contributed by atoms with van der Waals surface area (Å²) >= 11 is 0. The summed E-state index contributed by atoms with van der Waals surface area (Å²) in [6.07, 6.45) is -4.52. The van der Waals surface area contributed by atoms with Crippen LogP contribution in [0.3, 0.4) is 0 Å². The highest BCUT2D eigenvalue weighted by Crippen LogP contribution is 2.17. The number of aliphatic hydroxyl groups excluding tert-OH is 1. The topological polar surface area (TPSA) is 41.9 Å². The van der Waals surface area contributed by atoms with E-state index in [1.807, 2.05) is 0 Å². The second-order valence-electron chi connectivity index (χ2n) is 3.60. The van der Waals surface area contributed by atoms with Gasteiger partial charge in [0.1, 0.15) is 0 Å². The molecule has 0 radical (unpaired) electrons. The number of ether oxygens (including phenoxy) is 2. The van der Waals surface area contributed by atoms with Crippen LogP contribution in [-0.4, -0.2) is 61.9 Å². The number of aliphatic hydroxyl groups is 1. The van der Waals surface area contributed by atoms with E-state index in [4.69, 9.17) is 14.6 Å². The standard InChI is InChI=1S/C9H16F3NO3/c10-9(11,12)7-13(2-1-3-14)6-8-15-4-5-16-8/h8,14H,1-7H2. The Kier molecular flexibility index (Phi) is 5.47. The van der Waals surface area contributed by atoms with Crippen molar-refractivity contribution in [1.82, 2.24) is 4.90 Å². The lowest BCUT2D eigenvalue weighted by Crippen LogP contribution is -2.40. The number of halogens is 3. The summed E-state index contributed by atoms with van der Waals surface area (Å²) in [5, 5.41) is 8.60. The highest BCUT2D eigenvalue weighted by atomic mass is 19.4. The summed E-state index contributed by atoms with van der Waals surface area (Å²) in [7, 11) is 0. The Balaban J connectivity index is 2.35. The lowest BCUT2D eigenvalue weighted by atomic mass is 10.3. The highest BCUT2D eigenvalue weighted by Gasteiger charge is 2.32. The van der Waals surface area contributed by atoms with Crippen LogP contribution in [-0.2, 0) is 9.47 Å². The zero-order valence-corrected chi connectivity index (χ0v) is 8.87. The maximum absolute atomic E-state index is 12.2. The fraction of sp³-hybridized carbons (Fsp3) is 1.00. The summed E-state index contributed by atoms with van der Waals surface area (Å²) in [4.78, 5) is 1.19. The van der Waals surface area contributed by atoms with Crippen molar-refractivity contribution in [3.63, 3.8) is 0 Å². The fourth-order valence-corrected chi connectivity index (χ4v) is 1.51. The van der Waals surface area contributed by atoms with Crippen LogP contribution >= 0.6 is 0 Å². The quantitative estimate of drug-likeness (QED) is 0.742. The molecule has 0 aliphatic carbocycles. The summed E-state index contributed by atoms with van der Waals surface area (Å²) in [5.74, 6) is 0. The van der Waals surface area contributed by atoms with E-state index < -0.39 is 19.0 Å². The number of hydrogen-bond donors (Lipinski definition) is 1. The average molecular weight is 243 g/mol. The molecule has 0 amide bonds. The molecule has 0 aromatic carbocycles. The molecule has 0 unspecified atom stereocenters. The number of alkyl halides is 3. The minimum absolute atomic E-state index is 0.0828. The van der Waals surface area contributed by atoms with Crippen molar-refractivity contribution in [3.05, 3.63) is 0 Å². The summed E-state index contributed by atoms with van der Waals surface area (Å²) in [6.45, 7) is -0.0231. The van der Waals surface area contributed by atoms with Crippen molar-refractivity contribution in [2.45, 2.75) is 18.9 Å². The van der Waals surface area contributed by atoms with Crippen molar-refractivity contribution in [1.29, 1.82) is 0 Å². The molecule has 0 spiro atoms. The Hall–Kier alpha value is -0.370. The Morgan fingerprint density at radius 2 is 1.88 bits per heavy atom. The van der Waals surface area contributed by atoms with Crippen LogP contribution in [0.25, 0.3) is 0 Å². The Morgan fingerprint density at radius 1 is 1.25 bits per heavy atom. The molecule has 1 N–H and O–H groups in total. The molecule has 1 aliphatic rings. The zero-order valence-electron chi connectivity index (χ0n) is 8.87. The van der Waals surface area contributed by atoms with E-state index in [9.17, 15) is 13.2 Å². The molecule has 1 aliphatic heterocycles. The average Bonchev–Trinajstić information content (AvgIpc) is 2.64. The molecule has 1 fully saturated rings. The lowest BCUT2D eigenvalue weighted by Gasteiger charge is -2.25. The van der Waals surface area contributed by atoms with Gasteiger partial charge in [-0.2, -0.15) is 13.2 Å². The van der Waals surface area contributed by atoms with Gasteiger partial charge in [0.05, 0.1) is 19.8 Å². The molecular weight excluding hydrogens is 227 g/mol. The van der Waals surface area contributed by atoms with E-state index in [0.717, 1.165) is 0 Å². The summed E-state index contributed by atoms with van der Waals surface area (Å²) in [5.41, 5.74) is 0. The van der Waals surface area contributed by atoms with Gasteiger partial charge in [-0.15, -0.1) is 0 Å². The SMILES string of the molecule is OCCCN(CC1OCCO1)CC(F)(F)F. The number of nitrogens with zero attached hydrogens (tertiary/aromatic N) is 1. The van der Waals surface area contributed by atoms with E-state index in [2.05, 4.69) is 0 Å². The summed E-state index contributed by atoms with van der Waals surface area (Å²) < 4.78 is 46.8. The molecule has 4 nitrogen and oxygen atoms in total. The zero-order chi connectivity index (χ0) is 12.0. The molecule has 96 valence electrons. The van der Waals surface area contributed by atoms with Gasteiger partial charge in [-0.3, -0.25) is 4.90 Å². The van der Waals surface area contributed by atoms with Gasteiger partial charge in [-0.25, -0.2) is 0 Å². The molecule has 7 heteroatoms. The predicted octanol–water partition coefficient (Wildman–Crippen LogP) is 0.606. The molecule has 0 atom stereocenters. The fourth-order valence-electron chi connectivity index (χ4n) is 1.51. The minimum atomic E-state index is -4.24. The third kappa shape index (κ3) is 5.64. The third-order valence-electron chi connectivity index (χ3n) is 2.13. The normalized spacial score (nSPS) is 18.6. The monoisotopic (exact) mass is 243 g/mol. The van der Waals surface area contributed by atoms with Crippen molar-refractivity contribution in [2.24, 2.45) is 0 Å². The molecular formula is C9H16F3NO3. The Morgan fingerprint density at radius 3 is 2.38 bits per heavy atom. The van der Waals surface area contributed by atoms with E-state index in [0.29, 0.717) is 19.6 Å². The van der Waals surface area contributed by atoms with E-state index >= 15 is 0 Å². The molecule has 0 aromatic rings. The third-order valence-corrected chi connectivity index (χ3v) is 2.13. The maximum Gasteiger partial charge on any atom is 0.401 e. The first-order valence-corrected chi connectivity index (χ1v) is 5.14. The van der Waals surface area contributed by atoms with Gasteiger partial charge in [-0.1, -0.05) is 0 Å². The van der Waals surface area contributed by atoms with Crippen LogP contribution < -0.4 is 0 Å². The lowest BCUT2D eigenvalue weighted by molar-refractivity contribution is -0.156. The van der Waals surface area contributed by atoms with E-state index in [1.165, 1.54) is 4.90 Å². The molecule has 1 saturated heterocycles. The molecule has 0 bridgehead atoms. The molecule has 16 heavy (non-hydrogen) atoms. The van der Waals surface area contributed by atoms with Crippen LogP contribution in [0.4, 0.5) is 13.2 Å². The van der Waals surface area contributed by atoms with Gasteiger partial charge in [0.2, 0.25) is 0 Å². The largest absolute Gasteiger partial charge is 0.401 e. The van der Waals surface area contributed by atoms with Gasteiger partial charge >= 0.3 is 6.18 Å². The molecule has 1 rings (SSSR count). The van der Waals surface area contributed by atoms with Crippen LogP contribution in [0.1, 0.15) is 6.42 Å².